The Hall–Kier alpha value is -0.810. The Morgan fingerprint density at radius 3 is 2.87 bits per heavy atom. The fraction of sp³-hybridized carbons (Fsp3) is 0.700. The summed E-state index contributed by atoms with van der Waals surface area (Å²) in [6.45, 7) is 4.14. The second kappa shape index (κ2) is 5.32. The molecule has 5 heteroatoms. The maximum absolute atomic E-state index is 5.56. The van der Waals surface area contributed by atoms with Crippen LogP contribution in [0.3, 0.4) is 0 Å². The maximum Gasteiger partial charge on any atom is 0.275 e. The number of hydrogen-bond acceptors (Lipinski definition) is 5. The van der Waals surface area contributed by atoms with Gasteiger partial charge in [-0.05, 0) is 25.9 Å². The number of rotatable bonds is 4. The van der Waals surface area contributed by atoms with Crippen molar-refractivity contribution in [1.82, 2.24) is 9.88 Å². The quantitative estimate of drug-likeness (QED) is 0.848. The summed E-state index contributed by atoms with van der Waals surface area (Å²) in [5.74, 6) is 0. The summed E-state index contributed by atoms with van der Waals surface area (Å²) < 4.78 is 5.52. The first kappa shape index (κ1) is 10.7. The van der Waals surface area contributed by atoms with Crippen LogP contribution >= 0.6 is 11.3 Å². The average molecular weight is 227 g/mol. The van der Waals surface area contributed by atoms with Crippen LogP contribution in [0, 0.1) is 0 Å². The molecule has 1 aromatic rings. The van der Waals surface area contributed by atoms with Gasteiger partial charge in [0.25, 0.3) is 5.19 Å². The van der Waals surface area contributed by atoms with E-state index in [9.17, 15) is 0 Å². The molecule has 1 aliphatic heterocycles. The minimum absolute atomic E-state index is 0.685. The van der Waals surface area contributed by atoms with Crippen molar-refractivity contribution in [3.8, 4) is 5.19 Å². The summed E-state index contributed by atoms with van der Waals surface area (Å²) in [4.78, 5) is 6.50. The van der Waals surface area contributed by atoms with Gasteiger partial charge in [0.05, 0.1) is 6.20 Å². The van der Waals surface area contributed by atoms with Crippen LogP contribution < -0.4 is 10.5 Å². The van der Waals surface area contributed by atoms with E-state index in [-0.39, 0.29) is 0 Å². The first-order valence-electron chi connectivity index (χ1n) is 5.41. The second-order valence-corrected chi connectivity index (χ2v) is 4.80. The summed E-state index contributed by atoms with van der Waals surface area (Å²) >= 11 is 1.40. The van der Waals surface area contributed by atoms with Crippen LogP contribution in [-0.2, 0) is 0 Å². The van der Waals surface area contributed by atoms with E-state index < -0.39 is 0 Å². The molecule has 0 bridgehead atoms. The van der Waals surface area contributed by atoms with Crippen molar-refractivity contribution < 1.29 is 4.74 Å². The number of piperidine rings is 1. The van der Waals surface area contributed by atoms with Crippen LogP contribution in [0.4, 0.5) is 5.00 Å². The highest BCUT2D eigenvalue weighted by Gasteiger charge is 2.09. The summed E-state index contributed by atoms with van der Waals surface area (Å²) in [6, 6.07) is 0. The van der Waals surface area contributed by atoms with E-state index in [1.165, 1.54) is 43.7 Å². The van der Waals surface area contributed by atoms with Crippen LogP contribution in [0.1, 0.15) is 19.3 Å². The zero-order valence-corrected chi connectivity index (χ0v) is 9.63. The van der Waals surface area contributed by atoms with Crippen LogP contribution in [0.2, 0.25) is 0 Å². The molecule has 2 N–H and O–H groups in total. The molecule has 15 heavy (non-hydrogen) atoms. The number of likely N-dealkylation sites (tertiary alicyclic amines) is 1. The predicted molar refractivity (Wildman–Crippen MR) is 62.3 cm³/mol. The molecule has 0 unspecified atom stereocenters. The van der Waals surface area contributed by atoms with Crippen molar-refractivity contribution >= 4 is 16.3 Å². The third-order valence-corrected chi connectivity index (χ3v) is 3.32. The fourth-order valence-corrected chi connectivity index (χ4v) is 2.34. The highest BCUT2D eigenvalue weighted by Crippen LogP contribution is 2.21. The van der Waals surface area contributed by atoms with E-state index in [1.54, 1.807) is 6.20 Å². The van der Waals surface area contributed by atoms with E-state index in [0.717, 1.165) is 6.54 Å². The van der Waals surface area contributed by atoms with E-state index in [2.05, 4.69) is 9.88 Å². The Balaban J connectivity index is 1.65. The van der Waals surface area contributed by atoms with E-state index in [0.29, 0.717) is 16.8 Å². The molecule has 0 aromatic carbocycles. The van der Waals surface area contributed by atoms with Gasteiger partial charge in [0.2, 0.25) is 0 Å². The monoisotopic (exact) mass is 227 g/mol. The van der Waals surface area contributed by atoms with Gasteiger partial charge in [-0.25, -0.2) is 4.98 Å². The topological polar surface area (TPSA) is 51.4 Å². The molecule has 1 aromatic heterocycles. The molecule has 2 rings (SSSR count). The van der Waals surface area contributed by atoms with Gasteiger partial charge >= 0.3 is 0 Å². The van der Waals surface area contributed by atoms with E-state index in [4.69, 9.17) is 10.5 Å². The van der Waals surface area contributed by atoms with Gasteiger partial charge in [0.15, 0.2) is 0 Å². The summed E-state index contributed by atoms with van der Waals surface area (Å²) in [7, 11) is 0. The number of nitrogens with two attached hydrogens (primary N) is 1. The number of ether oxygens (including phenoxy) is 1. The lowest BCUT2D eigenvalue weighted by atomic mass is 10.1. The van der Waals surface area contributed by atoms with Gasteiger partial charge in [-0.1, -0.05) is 17.8 Å². The molecular weight excluding hydrogens is 210 g/mol. The normalized spacial score (nSPS) is 17.9. The van der Waals surface area contributed by atoms with Crippen LogP contribution in [0.5, 0.6) is 5.19 Å². The standard InChI is InChI=1S/C10H17N3OS/c11-9-8-12-10(15-9)14-7-6-13-4-2-1-3-5-13/h8H,1-7,11H2. The number of nitrogen functional groups attached to an aromatic ring is 1. The molecule has 2 heterocycles. The zero-order chi connectivity index (χ0) is 10.5. The fourth-order valence-electron chi connectivity index (χ4n) is 1.78. The third kappa shape index (κ3) is 3.35. The van der Waals surface area contributed by atoms with Crippen LogP contribution in [0.15, 0.2) is 6.20 Å². The Bertz CT molecular complexity index is 297. The third-order valence-electron chi connectivity index (χ3n) is 2.58. The minimum Gasteiger partial charge on any atom is -0.469 e. The van der Waals surface area contributed by atoms with Crippen molar-refractivity contribution in [2.24, 2.45) is 0 Å². The zero-order valence-electron chi connectivity index (χ0n) is 8.82. The molecular formula is C10H17N3OS. The minimum atomic E-state index is 0.685. The van der Waals surface area contributed by atoms with Gasteiger partial charge in [-0.15, -0.1) is 0 Å². The smallest absolute Gasteiger partial charge is 0.275 e. The predicted octanol–water partition coefficient (Wildman–Crippen LogP) is 1.59. The summed E-state index contributed by atoms with van der Waals surface area (Å²) in [5, 5.41) is 1.40. The first-order chi connectivity index (χ1) is 7.34. The lowest BCUT2D eigenvalue weighted by molar-refractivity contribution is 0.183. The Morgan fingerprint density at radius 1 is 1.40 bits per heavy atom. The highest BCUT2D eigenvalue weighted by atomic mass is 32.1. The summed E-state index contributed by atoms with van der Waals surface area (Å²) in [6.07, 6.45) is 5.66. The van der Waals surface area contributed by atoms with Crippen LogP contribution in [0.25, 0.3) is 0 Å². The van der Waals surface area contributed by atoms with Crippen molar-refractivity contribution in [2.45, 2.75) is 19.3 Å². The number of thiazole rings is 1. The van der Waals surface area contributed by atoms with Crippen molar-refractivity contribution in [1.29, 1.82) is 0 Å². The molecule has 0 saturated carbocycles. The molecule has 0 radical (unpaired) electrons. The Labute approximate surface area is 94.1 Å². The lowest BCUT2D eigenvalue weighted by Gasteiger charge is -2.25. The molecule has 84 valence electrons. The number of anilines is 1. The molecule has 0 aliphatic carbocycles. The van der Waals surface area contributed by atoms with Gasteiger partial charge < -0.3 is 10.5 Å². The summed E-state index contributed by atoms with van der Waals surface area (Å²) in [5.41, 5.74) is 5.56. The number of nitrogens with zero attached hydrogens (tertiary/aromatic N) is 2. The largest absolute Gasteiger partial charge is 0.469 e. The van der Waals surface area contributed by atoms with E-state index in [1.807, 2.05) is 0 Å². The molecule has 0 atom stereocenters. The molecule has 4 nitrogen and oxygen atoms in total. The van der Waals surface area contributed by atoms with Gasteiger partial charge in [0, 0.05) is 6.54 Å². The molecule has 1 fully saturated rings. The van der Waals surface area contributed by atoms with E-state index >= 15 is 0 Å². The van der Waals surface area contributed by atoms with Crippen LogP contribution in [-0.4, -0.2) is 36.1 Å². The Kier molecular flexibility index (Phi) is 3.80. The number of aromatic nitrogens is 1. The van der Waals surface area contributed by atoms with Gasteiger partial charge in [-0.2, -0.15) is 0 Å². The highest BCUT2D eigenvalue weighted by molar-refractivity contribution is 7.17. The molecule has 0 spiro atoms. The molecule has 0 amide bonds. The van der Waals surface area contributed by atoms with Gasteiger partial charge in [-0.3, -0.25) is 4.90 Å². The number of hydrogen-bond donors (Lipinski definition) is 1. The SMILES string of the molecule is Nc1cnc(OCCN2CCCCC2)s1. The van der Waals surface area contributed by atoms with Gasteiger partial charge in [0.1, 0.15) is 11.6 Å². The first-order valence-corrected chi connectivity index (χ1v) is 6.23. The average Bonchev–Trinajstić information content (AvgIpc) is 2.66. The second-order valence-electron chi connectivity index (χ2n) is 3.78. The Morgan fingerprint density at radius 2 is 2.20 bits per heavy atom. The maximum atomic E-state index is 5.56. The molecule has 1 saturated heterocycles. The van der Waals surface area contributed by atoms with Crippen molar-refractivity contribution in [2.75, 3.05) is 32.0 Å². The van der Waals surface area contributed by atoms with Crippen molar-refractivity contribution in [3.05, 3.63) is 6.20 Å². The lowest BCUT2D eigenvalue weighted by Crippen LogP contribution is -2.33. The van der Waals surface area contributed by atoms with Crippen molar-refractivity contribution in [3.63, 3.8) is 0 Å². The molecule has 1 aliphatic rings.